The lowest BCUT2D eigenvalue weighted by Gasteiger charge is -2.24. The van der Waals surface area contributed by atoms with Gasteiger partial charge in [-0.15, -0.1) is 12.4 Å². The first-order chi connectivity index (χ1) is 9.68. The number of thioether (sulfide) groups is 1. The van der Waals surface area contributed by atoms with E-state index >= 15 is 0 Å². The van der Waals surface area contributed by atoms with E-state index in [0.717, 1.165) is 12.1 Å². The molecule has 1 aliphatic rings. The minimum absolute atomic E-state index is 0. The van der Waals surface area contributed by atoms with Crippen LogP contribution in [0.2, 0.25) is 0 Å². The molecule has 0 aromatic heterocycles. The average Bonchev–Trinajstić information content (AvgIpc) is 2.53. The second-order valence-corrected chi connectivity index (χ2v) is 6.75. The zero-order valence-corrected chi connectivity index (χ0v) is 14.1. The van der Waals surface area contributed by atoms with E-state index in [2.05, 4.69) is 5.32 Å². The lowest BCUT2D eigenvalue weighted by Crippen LogP contribution is -2.38. The summed E-state index contributed by atoms with van der Waals surface area (Å²) >= 11 is 2.01. The Morgan fingerprint density at radius 3 is 2.57 bits per heavy atom. The van der Waals surface area contributed by atoms with E-state index in [0.29, 0.717) is 5.92 Å². The Kier molecular flexibility index (Phi) is 8.15. The first kappa shape index (κ1) is 18.3. The zero-order chi connectivity index (χ0) is 14.4. The van der Waals surface area contributed by atoms with E-state index in [1.807, 2.05) is 49.0 Å². The molecule has 1 aromatic carbocycles. The SMILES string of the molecule is CC(C(=O)NCC1CCSCC1)C(N)c1ccccc1.Cl. The Labute approximate surface area is 137 Å². The van der Waals surface area contributed by atoms with E-state index in [1.165, 1.54) is 24.3 Å². The quantitative estimate of drug-likeness (QED) is 0.873. The van der Waals surface area contributed by atoms with Crippen molar-refractivity contribution in [1.82, 2.24) is 5.32 Å². The van der Waals surface area contributed by atoms with Gasteiger partial charge in [-0.25, -0.2) is 0 Å². The van der Waals surface area contributed by atoms with Crippen LogP contribution >= 0.6 is 24.2 Å². The van der Waals surface area contributed by atoms with Gasteiger partial charge in [0.2, 0.25) is 5.91 Å². The van der Waals surface area contributed by atoms with E-state index < -0.39 is 0 Å². The number of nitrogens with two attached hydrogens (primary N) is 1. The molecule has 1 amide bonds. The summed E-state index contributed by atoms with van der Waals surface area (Å²) in [5.41, 5.74) is 7.20. The van der Waals surface area contributed by atoms with Gasteiger partial charge in [-0.05, 0) is 35.8 Å². The first-order valence-corrected chi connectivity index (χ1v) is 8.50. The van der Waals surface area contributed by atoms with Crippen molar-refractivity contribution in [1.29, 1.82) is 0 Å². The van der Waals surface area contributed by atoms with Crippen LogP contribution in [0.1, 0.15) is 31.4 Å². The topological polar surface area (TPSA) is 55.1 Å². The molecule has 0 bridgehead atoms. The second kappa shape index (κ2) is 9.34. The van der Waals surface area contributed by atoms with Crippen molar-refractivity contribution in [3.63, 3.8) is 0 Å². The van der Waals surface area contributed by atoms with Crippen LogP contribution in [-0.4, -0.2) is 24.0 Å². The summed E-state index contributed by atoms with van der Waals surface area (Å²) in [4.78, 5) is 12.2. The van der Waals surface area contributed by atoms with E-state index in [4.69, 9.17) is 5.73 Å². The highest BCUT2D eigenvalue weighted by Crippen LogP contribution is 2.23. The van der Waals surface area contributed by atoms with Crippen LogP contribution in [-0.2, 0) is 4.79 Å². The van der Waals surface area contributed by atoms with Gasteiger partial charge in [-0.3, -0.25) is 4.79 Å². The fraction of sp³-hybridized carbons (Fsp3) is 0.562. The number of carbonyl (C=O) groups is 1. The molecule has 21 heavy (non-hydrogen) atoms. The molecular formula is C16H25ClN2OS. The highest BCUT2D eigenvalue weighted by molar-refractivity contribution is 7.99. The standard InChI is InChI=1S/C16H24N2OS.ClH/c1-12(15(17)14-5-3-2-4-6-14)16(19)18-11-13-7-9-20-10-8-13;/h2-6,12-13,15H,7-11,17H2,1H3,(H,18,19);1H. The third-order valence-electron chi connectivity index (χ3n) is 4.04. The van der Waals surface area contributed by atoms with Crippen molar-refractivity contribution in [2.75, 3.05) is 18.1 Å². The Morgan fingerprint density at radius 1 is 1.33 bits per heavy atom. The predicted molar refractivity (Wildman–Crippen MR) is 92.8 cm³/mol. The van der Waals surface area contributed by atoms with Crippen LogP contribution in [0.5, 0.6) is 0 Å². The highest BCUT2D eigenvalue weighted by atomic mass is 35.5. The molecule has 1 saturated heterocycles. The number of hydrogen-bond donors (Lipinski definition) is 2. The summed E-state index contributed by atoms with van der Waals surface area (Å²) in [6.07, 6.45) is 2.42. The van der Waals surface area contributed by atoms with Crippen LogP contribution in [0.3, 0.4) is 0 Å². The van der Waals surface area contributed by atoms with E-state index in [-0.39, 0.29) is 30.3 Å². The second-order valence-electron chi connectivity index (χ2n) is 5.53. The first-order valence-electron chi connectivity index (χ1n) is 7.34. The summed E-state index contributed by atoms with van der Waals surface area (Å²) in [6, 6.07) is 9.60. The van der Waals surface area contributed by atoms with Gasteiger partial charge >= 0.3 is 0 Å². The number of carbonyl (C=O) groups excluding carboxylic acids is 1. The number of nitrogens with one attached hydrogen (secondary N) is 1. The largest absolute Gasteiger partial charge is 0.356 e. The van der Waals surface area contributed by atoms with Crippen molar-refractivity contribution in [2.45, 2.75) is 25.8 Å². The number of benzene rings is 1. The third kappa shape index (κ3) is 5.53. The Hall–Kier alpha value is -0.710. The molecule has 118 valence electrons. The molecule has 0 radical (unpaired) electrons. The molecule has 3 N–H and O–H groups in total. The third-order valence-corrected chi connectivity index (χ3v) is 5.09. The van der Waals surface area contributed by atoms with E-state index in [1.54, 1.807) is 0 Å². The maximum absolute atomic E-state index is 12.2. The number of amides is 1. The fourth-order valence-electron chi connectivity index (χ4n) is 2.48. The summed E-state index contributed by atoms with van der Waals surface area (Å²) in [6.45, 7) is 2.70. The molecule has 1 heterocycles. The van der Waals surface area contributed by atoms with Crippen molar-refractivity contribution in [2.24, 2.45) is 17.6 Å². The highest BCUT2D eigenvalue weighted by Gasteiger charge is 2.23. The number of hydrogen-bond acceptors (Lipinski definition) is 3. The normalized spacial score (nSPS) is 18.4. The summed E-state index contributed by atoms with van der Waals surface area (Å²) < 4.78 is 0. The number of rotatable bonds is 5. The van der Waals surface area contributed by atoms with Crippen molar-refractivity contribution < 1.29 is 4.79 Å². The summed E-state index contributed by atoms with van der Waals surface area (Å²) in [5.74, 6) is 2.95. The summed E-state index contributed by atoms with van der Waals surface area (Å²) in [5, 5.41) is 3.07. The molecular weight excluding hydrogens is 304 g/mol. The molecule has 0 aliphatic carbocycles. The van der Waals surface area contributed by atoms with Crippen LogP contribution in [0.25, 0.3) is 0 Å². The van der Waals surface area contributed by atoms with Gasteiger partial charge in [0.05, 0.1) is 5.92 Å². The predicted octanol–water partition coefficient (Wildman–Crippen LogP) is 3.00. The van der Waals surface area contributed by atoms with Gasteiger partial charge in [-0.1, -0.05) is 37.3 Å². The van der Waals surface area contributed by atoms with Gasteiger partial charge < -0.3 is 11.1 Å². The minimum atomic E-state index is -0.238. The van der Waals surface area contributed by atoms with Crippen LogP contribution in [0.15, 0.2) is 30.3 Å². The molecule has 2 unspecified atom stereocenters. The maximum atomic E-state index is 12.2. The monoisotopic (exact) mass is 328 g/mol. The van der Waals surface area contributed by atoms with Gasteiger partial charge in [0.25, 0.3) is 0 Å². The van der Waals surface area contributed by atoms with Crippen molar-refractivity contribution in [3.05, 3.63) is 35.9 Å². The summed E-state index contributed by atoms with van der Waals surface area (Å²) in [7, 11) is 0. The molecule has 3 nitrogen and oxygen atoms in total. The molecule has 1 fully saturated rings. The molecule has 0 saturated carbocycles. The van der Waals surface area contributed by atoms with Gasteiger partial charge in [0.1, 0.15) is 0 Å². The van der Waals surface area contributed by atoms with Crippen LogP contribution < -0.4 is 11.1 Å². The van der Waals surface area contributed by atoms with Gasteiger partial charge in [0.15, 0.2) is 0 Å². The molecule has 1 aliphatic heterocycles. The van der Waals surface area contributed by atoms with Crippen LogP contribution in [0, 0.1) is 11.8 Å². The fourth-order valence-corrected chi connectivity index (χ4v) is 3.69. The average molecular weight is 329 g/mol. The van der Waals surface area contributed by atoms with Gasteiger partial charge in [-0.2, -0.15) is 11.8 Å². The Balaban J connectivity index is 0.00000220. The maximum Gasteiger partial charge on any atom is 0.224 e. The van der Waals surface area contributed by atoms with Gasteiger partial charge in [0, 0.05) is 12.6 Å². The number of halogens is 1. The van der Waals surface area contributed by atoms with E-state index in [9.17, 15) is 4.79 Å². The Morgan fingerprint density at radius 2 is 1.95 bits per heavy atom. The smallest absolute Gasteiger partial charge is 0.224 e. The molecule has 2 rings (SSSR count). The van der Waals surface area contributed by atoms with Crippen molar-refractivity contribution in [3.8, 4) is 0 Å². The zero-order valence-electron chi connectivity index (χ0n) is 12.5. The lowest BCUT2D eigenvalue weighted by molar-refractivity contribution is -0.125. The Bertz CT molecular complexity index is 424. The molecule has 2 atom stereocenters. The molecule has 0 spiro atoms. The molecule has 5 heteroatoms. The molecule has 1 aromatic rings. The van der Waals surface area contributed by atoms with Crippen molar-refractivity contribution >= 4 is 30.1 Å². The van der Waals surface area contributed by atoms with Crippen LogP contribution in [0.4, 0.5) is 0 Å². The minimum Gasteiger partial charge on any atom is -0.356 e. The lowest BCUT2D eigenvalue weighted by atomic mass is 9.94.